The Morgan fingerprint density at radius 1 is 0.306 bits per heavy atom. The van der Waals surface area contributed by atoms with Gasteiger partial charge in [0, 0.05) is 36.9 Å². The molecule has 0 atom stereocenters. The van der Waals surface area contributed by atoms with E-state index in [1.165, 1.54) is 36.9 Å². The summed E-state index contributed by atoms with van der Waals surface area (Å²) in [5.41, 5.74) is 9.99. The minimum absolute atomic E-state index is 0.647. The van der Waals surface area contributed by atoms with Crippen LogP contribution in [0.1, 0.15) is 0 Å². The monoisotopic (exact) mass is 643 g/mol. The lowest BCUT2D eigenvalue weighted by Crippen LogP contribution is -2.00. The molecular weight excluding hydrogens is 615 g/mol. The van der Waals surface area contributed by atoms with E-state index in [0.29, 0.717) is 17.5 Å². The quantitative estimate of drug-likeness (QED) is 0.181. The average molecular weight is 644 g/mol. The topological polar surface area (TPSA) is 38.7 Å². The molecule has 2 aromatic heterocycles. The van der Waals surface area contributed by atoms with Gasteiger partial charge in [-0.25, -0.2) is 15.0 Å². The fraction of sp³-hybridized carbons (Fsp3) is 0. The van der Waals surface area contributed by atoms with Gasteiger partial charge in [0.15, 0.2) is 17.5 Å². The van der Waals surface area contributed by atoms with Crippen molar-refractivity contribution < 1.29 is 0 Å². The second-order valence-corrected chi connectivity index (χ2v) is 13.1. The van der Waals surface area contributed by atoms with Gasteiger partial charge in [-0.2, -0.15) is 0 Å². The summed E-state index contributed by atoms with van der Waals surface area (Å²) in [4.78, 5) is 15.0. The maximum absolute atomic E-state index is 5.03. The second-order valence-electron chi connectivity index (χ2n) is 12.1. The first-order chi connectivity index (χ1) is 24.3. The van der Waals surface area contributed by atoms with Crippen LogP contribution in [0.4, 0.5) is 0 Å². The Kier molecular flexibility index (Phi) is 7.34. The van der Waals surface area contributed by atoms with Crippen LogP contribution in [-0.2, 0) is 0 Å². The van der Waals surface area contributed by atoms with Crippen LogP contribution in [0, 0.1) is 0 Å². The summed E-state index contributed by atoms with van der Waals surface area (Å²) < 4.78 is 2.59. The van der Waals surface area contributed by atoms with E-state index in [9.17, 15) is 0 Å². The molecule has 0 spiro atoms. The second kappa shape index (κ2) is 12.4. The highest BCUT2D eigenvalue weighted by molar-refractivity contribution is 7.26. The summed E-state index contributed by atoms with van der Waals surface area (Å²) in [7, 11) is 0. The van der Waals surface area contributed by atoms with Gasteiger partial charge in [0.25, 0.3) is 0 Å². The first-order valence-corrected chi connectivity index (χ1v) is 17.2. The van der Waals surface area contributed by atoms with Crippen molar-refractivity contribution >= 4 is 31.5 Å². The number of hydrogen-bond acceptors (Lipinski definition) is 4. The molecule has 0 saturated carbocycles. The van der Waals surface area contributed by atoms with E-state index >= 15 is 0 Å². The molecule has 4 heteroatoms. The van der Waals surface area contributed by atoms with Crippen molar-refractivity contribution in [2.75, 3.05) is 0 Å². The Bertz CT molecular complexity index is 2580. The number of thiophene rings is 1. The molecule has 0 aliphatic heterocycles. The van der Waals surface area contributed by atoms with E-state index in [1.54, 1.807) is 0 Å². The molecule has 0 aliphatic carbocycles. The lowest BCUT2D eigenvalue weighted by atomic mass is 10.00. The molecule has 0 radical (unpaired) electrons. The van der Waals surface area contributed by atoms with Crippen LogP contribution in [-0.4, -0.2) is 15.0 Å². The smallest absolute Gasteiger partial charge is 0.164 e. The van der Waals surface area contributed by atoms with Gasteiger partial charge in [0.1, 0.15) is 0 Å². The Labute approximate surface area is 288 Å². The molecule has 0 amide bonds. The number of fused-ring (bicyclic) bond motifs is 3. The molecule has 0 fully saturated rings. The first kappa shape index (κ1) is 29.0. The molecule has 3 nitrogen and oxygen atoms in total. The molecule has 7 aromatic carbocycles. The molecule has 2 heterocycles. The molecule has 9 aromatic rings. The SMILES string of the molecule is c1ccc(-c2cccc(-c3nc(-c4ccccc4)nc(-c4ccc(-c5cccc6c5sc5cc(-c7ccccc7)ccc56)cc4)n3)c2)cc1. The van der Waals surface area contributed by atoms with Gasteiger partial charge in [-0.3, -0.25) is 0 Å². The summed E-state index contributed by atoms with van der Waals surface area (Å²) >= 11 is 1.86. The summed E-state index contributed by atoms with van der Waals surface area (Å²) in [5.74, 6) is 1.95. The lowest BCUT2D eigenvalue weighted by Gasteiger charge is -2.10. The highest BCUT2D eigenvalue weighted by Crippen LogP contribution is 2.41. The third-order valence-electron chi connectivity index (χ3n) is 8.96. The molecule has 0 saturated heterocycles. The number of nitrogens with zero attached hydrogens (tertiary/aromatic N) is 3. The van der Waals surface area contributed by atoms with Crippen molar-refractivity contribution in [2.24, 2.45) is 0 Å². The molecule has 0 N–H and O–H groups in total. The van der Waals surface area contributed by atoms with Crippen LogP contribution >= 0.6 is 11.3 Å². The lowest BCUT2D eigenvalue weighted by molar-refractivity contribution is 1.07. The predicted molar refractivity (Wildman–Crippen MR) is 205 cm³/mol. The van der Waals surface area contributed by atoms with E-state index in [1.807, 2.05) is 47.7 Å². The van der Waals surface area contributed by atoms with Gasteiger partial charge in [-0.05, 0) is 45.5 Å². The molecule has 0 aliphatic rings. The standard InChI is InChI=1S/C45H29N3S/c1-4-12-30(13-5-1)35-18-10-19-37(28-35)45-47-43(33-16-8-3-9-17-33)46-44(48-45)34-24-22-32(23-25-34)38-20-11-21-40-39-27-26-36(29-41(39)49-42(38)40)31-14-6-2-7-15-31/h1-29H. The maximum Gasteiger partial charge on any atom is 0.164 e. The van der Waals surface area contributed by atoms with Crippen molar-refractivity contribution in [3.8, 4) is 67.5 Å². The summed E-state index contributed by atoms with van der Waals surface area (Å²) in [5, 5.41) is 2.58. The number of aromatic nitrogens is 3. The van der Waals surface area contributed by atoms with Crippen molar-refractivity contribution in [3.05, 3.63) is 176 Å². The molecule has 9 rings (SSSR count). The Morgan fingerprint density at radius 2 is 0.776 bits per heavy atom. The van der Waals surface area contributed by atoms with Crippen LogP contribution < -0.4 is 0 Å². The van der Waals surface area contributed by atoms with Crippen LogP contribution in [0.2, 0.25) is 0 Å². The minimum atomic E-state index is 0.647. The van der Waals surface area contributed by atoms with E-state index in [-0.39, 0.29) is 0 Å². The molecule has 0 bridgehead atoms. The van der Waals surface area contributed by atoms with Crippen molar-refractivity contribution in [1.82, 2.24) is 15.0 Å². The zero-order chi connectivity index (χ0) is 32.6. The van der Waals surface area contributed by atoms with Crippen molar-refractivity contribution in [3.63, 3.8) is 0 Å². The maximum atomic E-state index is 5.03. The molecular formula is C45H29N3S. The third kappa shape index (κ3) is 5.58. The van der Waals surface area contributed by atoms with Crippen LogP contribution in [0.5, 0.6) is 0 Å². The van der Waals surface area contributed by atoms with Gasteiger partial charge < -0.3 is 0 Å². The number of benzene rings is 7. The highest BCUT2D eigenvalue weighted by Gasteiger charge is 2.15. The number of hydrogen-bond donors (Lipinski definition) is 0. The van der Waals surface area contributed by atoms with E-state index < -0.39 is 0 Å². The molecule has 49 heavy (non-hydrogen) atoms. The largest absolute Gasteiger partial charge is 0.208 e. The zero-order valence-corrected chi connectivity index (χ0v) is 27.3. The van der Waals surface area contributed by atoms with Crippen LogP contribution in [0.15, 0.2) is 176 Å². The molecule has 0 unspecified atom stereocenters. The van der Waals surface area contributed by atoms with Gasteiger partial charge in [-0.1, -0.05) is 164 Å². The average Bonchev–Trinajstić information content (AvgIpc) is 3.57. The predicted octanol–water partition coefficient (Wildman–Crippen LogP) is 12.2. The minimum Gasteiger partial charge on any atom is -0.208 e. The van der Waals surface area contributed by atoms with Crippen LogP contribution in [0.25, 0.3) is 87.7 Å². The normalized spacial score (nSPS) is 11.3. The Balaban J connectivity index is 1.11. The van der Waals surface area contributed by atoms with Gasteiger partial charge >= 0.3 is 0 Å². The first-order valence-electron chi connectivity index (χ1n) is 16.4. The fourth-order valence-corrected chi connectivity index (χ4v) is 7.73. The summed E-state index contributed by atoms with van der Waals surface area (Å²) in [6.45, 7) is 0. The summed E-state index contributed by atoms with van der Waals surface area (Å²) in [6, 6.07) is 61.6. The highest BCUT2D eigenvalue weighted by atomic mass is 32.1. The van der Waals surface area contributed by atoms with Crippen molar-refractivity contribution in [2.45, 2.75) is 0 Å². The fourth-order valence-electron chi connectivity index (χ4n) is 6.45. The zero-order valence-electron chi connectivity index (χ0n) is 26.5. The Morgan fingerprint density at radius 3 is 1.43 bits per heavy atom. The van der Waals surface area contributed by atoms with E-state index in [0.717, 1.165) is 33.4 Å². The Hall–Kier alpha value is -6.23. The number of rotatable bonds is 6. The third-order valence-corrected chi connectivity index (χ3v) is 10.2. The summed E-state index contributed by atoms with van der Waals surface area (Å²) in [6.07, 6.45) is 0. The van der Waals surface area contributed by atoms with Gasteiger partial charge in [-0.15, -0.1) is 11.3 Å². The van der Waals surface area contributed by atoms with E-state index in [2.05, 4.69) is 140 Å². The van der Waals surface area contributed by atoms with Crippen molar-refractivity contribution in [1.29, 1.82) is 0 Å². The van der Waals surface area contributed by atoms with Gasteiger partial charge in [0.2, 0.25) is 0 Å². The van der Waals surface area contributed by atoms with Crippen LogP contribution in [0.3, 0.4) is 0 Å². The van der Waals surface area contributed by atoms with Gasteiger partial charge in [0.05, 0.1) is 0 Å². The van der Waals surface area contributed by atoms with E-state index in [4.69, 9.17) is 15.0 Å². The molecule has 230 valence electrons.